The summed E-state index contributed by atoms with van der Waals surface area (Å²) in [6, 6.07) is 4.50. The third-order valence-electron chi connectivity index (χ3n) is 2.32. The molecule has 0 atom stereocenters. The van der Waals surface area contributed by atoms with Gasteiger partial charge in [-0.05, 0) is 18.2 Å². The first-order valence-electron chi connectivity index (χ1n) is 5.25. The lowest BCUT2D eigenvalue weighted by molar-refractivity contribution is 0.292. The second-order valence-electron chi connectivity index (χ2n) is 3.57. The maximum absolute atomic E-state index is 12.9. The second-order valence-corrected chi connectivity index (χ2v) is 3.57. The molecule has 4 nitrogen and oxygen atoms in total. The van der Waals surface area contributed by atoms with E-state index in [9.17, 15) is 4.39 Å². The molecule has 0 aliphatic heterocycles. The Bertz CT molecular complexity index is 469. The summed E-state index contributed by atoms with van der Waals surface area (Å²) in [7, 11) is 0. The van der Waals surface area contributed by atoms with Crippen LogP contribution in [0.25, 0.3) is 11.0 Å². The minimum atomic E-state index is -0.263. The van der Waals surface area contributed by atoms with Gasteiger partial charge in [0.15, 0.2) is 0 Å². The summed E-state index contributed by atoms with van der Waals surface area (Å²) >= 11 is 0. The van der Waals surface area contributed by atoms with Crippen LogP contribution in [0.3, 0.4) is 0 Å². The van der Waals surface area contributed by atoms with E-state index in [1.54, 1.807) is 6.07 Å². The Morgan fingerprint density at radius 3 is 3.06 bits per heavy atom. The van der Waals surface area contributed by atoms with Gasteiger partial charge >= 0.3 is 0 Å². The molecule has 0 unspecified atom stereocenters. The van der Waals surface area contributed by atoms with Crippen LogP contribution in [0.15, 0.2) is 18.2 Å². The minimum absolute atomic E-state index is 0.130. The van der Waals surface area contributed by atoms with Gasteiger partial charge in [-0.15, -0.1) is 0 Å². The second kappa shape index (κ2) is 5.05. The predicted molar refractivity (Wildman–Crippen MR) is 59.7 cm³/mol. The van der Waals surface area contributed by atoms with Gasteiger partial charge in [0.1, 0.15) is 11.6 Å². The Morgan fingerprint density at radius 1 is 1.38 bits per heavy atom. The summed E-state index contributed by atoms with van der Waals surface area (Å²) in [5, 5.41) is 11.6. The smallest absolute Gasteiger partial charge is 0.125 e. The summed E-state index contributed by atoms with van der Waals surface area (Å²) in [4.78, 5) is 7.39. The highest BCUT2D eigenvalue weighted by atomic mass is 19.1. The molecule has 0 saturated carbocycles. The number of imidazole rings is 1. The SMILES string of the molecule is OCCNCCc1nc2ccc(F)cc2[nH]1. The summed E-state index contributed by atoms with van der Waals surface area (Å²) in [5.74, 6) is 0.562. The van der Waals surface area contributed by atoms with E-state index in [0.29, 0.717) is 6.54 Å². The van der Waals surface area contributed by atoms with E-state index in [1.165, 1.54) is 12.1 Å². The van der Waals surface area contributed by atoms with Crippen LogP contribution in [0.4, 0.5) is 4.39 Å². The molecule has 1 aromatic heterocycles. The van der Waals surface area contributed by atoms with Crippen molar-refractivity contribution in [3.63, 3.8) is 0 Å². The minimum Gasteiger partial charge on any atom is -0.395 e. The molecule has 86 valence electrons. The van der Waals surface area contributed by atoms with Crippen molar-refractivity contribution in [3.05, 3.63) is 29.8 Å². The van der Waals surface area contributed by atoms with E-state index in [-0.39, 0.29) is 12.4 Å². The van der Waals surface area contributed by atoms with Gasteiger partial charge in [-0.3, -0.25) is 0 Å². The maximum atomic E-state index is 12.9. The molecule has 0 bridgehead atoms. The number of aliphatic hydroxyl groups excluding tert-OH is 1. The average Bonchev–Trinajstić information content (AvgIpc) is 2.66. The van der Waals surface area contributed by atoms with Crippen molar-refractivity contribution < 1.29 is 9.50 Å². The lowest BCUT2D eigenvalue weighted by Gasteiger charge is -1.98. The van der Waals surface area contributed by atoms with Crippen molar-refractivity contribution in [3.8, 4) is 0 Å². The number of rotatable bonds is 5. The number of nitrogens with zero attached hydrogens (tertiary/aromatic N) is 1. The quantitative estimate of drug-likeness (QED) is 0.658. The zero-order valence-electron chi connectivity index (χ0n) is 8.83. The molecule has 0 amide bonds. The van der Waals surface area contributed by atoms with E-state index in [2.05, 4.69) is 15.3 Å². The van der Waals surface area contributed by atoms with Crippen LogP contribution in [0.5, 0.6) is 0 Å². The maximum Gasteiger partial charge on any atom is 0.125 e. The van der Waals surface area contributed by atoms with Crippen molar-refractivity contribution in [2.75, 3.05) is 19.7 Å². The van der Waals surface area contributed by atoms with Crippen LogP contribution in [0.2, 0.25) is 0 Å². The molecule has 1 heterocycles. The Hall–Kier alpha value is -1.46. The van der Waals surface area contributed by atoms with Crippen LogP contribution in [0.1, 0.15) is 5.82 Å². The molecular formula is C11H14FN3O. The number of aromatic amines is 1. The van der Waals surface area contributed by atoms with Gasteiger partial charge in [0.25, 0.3) is 0 Å². The molecule has 0 saturated heterocycles. The van der Waals surface area contributed by atoms with Gasteiger partial charge in [0.05, 0.1) is 17.6 Å². The number of benzene rings is 1. The van der Waals surface area contributed by atoms with Gasteiger partial charge in [-0.25, -0.2) is 9.37 Å². The van der Waals surface area contributed by atoms with Crippen molar-refractivity contribution >= 4 is 11.0 Å². The van der Waals surface area contributed by atoms with Crippen molar-refractivity contribution in [2.45, 2.75) is 6.42 Å². The molecule has 0 fully saturated rings. The first kappa shape index (κ1) is 11.0. The zero-order valence-corrected chi connectivity index (χ0v) is 8.83. The molecule has 3 N–H and O–H groups in total. The Balaban J connectivity index is 2.02. The molecule has 16 heavy (non-hydrogen) atoms. The standard InChI is InChI=1S/C11H14FN3O/c12-8-1-2-9-10(7-8)15-11(14-9)3-4-13-5-6-16/h1-2,7,13,16H,3-6H2,(H,14,15). The third-order valence-corrected chi connectivity index (χ3v) is 2.32. The molecular weight excluding hydrogens is 209 g/mol. The van der Waals surface area contributed by atoms with Crippen molar-refractivity contribution in [2.24, 2.45) is 0 Å². The first-order chi connectivity index (χ1) is 7.79. The highest BCUT2D eigenvalue weighted by molar-refractivity contribution is 5.74. The summed E-state index contributed by atoms with van der Waals surface area (Å²) < 4.78 is 12.9. The Kier molecular flexibility index (Phi) is 3.48. The number of hydrogen-bond acceptors (Lipinski definition) is 3. The number of nitrogens with one attached hydrogen (secondary N) is 2. The normalized spacial score (nSPS) is 11.1. The number of aliphatic hydroxyl groups is 1. The summed E-state index contributed by atoms with van der Waals surface area (Å²) in [6.45, 7) is 1.45. The fourth-order valence-corrected chi connectivity index (χ4v) is 1.56. The molecule has 0 radical (unpaired) electrons. The summed E-state index contributed by atoms with van der Waals surface area (Å²) in [6.07, 6.45) is 0.732. The van der Waals surface area contributed by atoms with E-state index in [4.69, 9.17) is 5.11 Å². The van der Waals surface area contributed by atoms with Crippen LogP contribution in [-0.4, -0.2) is 34.8 Å². The third kappa shape index (κ3) is 2.56. The number of H-pyrrole nitrogens is 1. The number of fused-ring (bicyclic) bond motifs is 1. The van der Waals surface area contributed by atoms with Crippen LogP contribution in [0, 0.1) is 5.82 Å². The predicted octanol–water partition coefficient (Wildman–Crippen LogP) is 0.826. The number of aromatic nitrogens is 2. The largest absolute Gasteiger partial charge is 0.395 e. The van der Waals surface area contributed by atoms with Crippen LogP contribution >= 0.6 is 0 Å². The monoisotopic (exact) mass is 223 g/mol. The van der Waals surface area contributed by atoms with E-state index in [0.717, 1.165) is 29.8 Å². The Labute approximate surface area is 92.5 Å². The van der Waals surface area contributed by atoms with Gasteiger partial charge in [0.2, 0.25) is 0 Å². The molecule has 1 aromatic carbocycles. The van der Waals surface area contributed by atoms with E-state index >= 15 is 0 Å². The highest BCUT2D eigenvalue weighted by Gasteiger charge is 2.03. The lowest BCUT2D eigenvalue weighted by atomic mass is 10.3. The van der Waals surface area contributed by atoms with Gasteiger partial charge in [-0.1, -0.05) is 0 Å². The fourth-order valence-electron chi connectivity index (χ4n) is 1.56. The number of hydrogen-bond donors (Lipinski definition) is 3. The topological polar surface area (TPSA) is 60.9 Å². The van der Waals surface area contributed by atoms with Crippen LogP contribution < -0.4 is 5.32 Å². The molecule has 0 aliphatic rings. The molecule has 0 aliphatic carbocycles. The molecule has 0 spiro atoms. The average molecular weight is 223 g/mol. The van der Waals surface area contributed by atoms with E-state index in [1.807, 2.05) is 0 Å². The summed E-state index contributed by atoms with van der Waals surface area (Å²) in [5.41, 5.74) is 1.50. The number of halogens is 1. The van der Waals surface area contributed by atoms with Crippen molar-refractivity contribution in [1.29, 1.82) is 0 Å². The van der Waals surface area contributed by atoms with Gasteiger partial charge in [-0.2, -0.15) is 0 Å². The molecule has 2 rings (SSSR count). The molecule has 2 aromatic rings. The van der Waals surface area contributed by atoms with E-state index < -0.39 is 0 Å². The van der Waals surface area contributed by atoms with Gasteiger partial charge in [0, 0.05) is 19.5 Å². The van der Waals surface area contributed by atoms with Crippen LogP contribution in [-0.2, 0) is 6.42 Å². The lowest BCUT2D eigenvalue weighted by Crippen LogP contribution is -2.21. The Morgan fingerprint density at radius 2 is 2.25 bits per heavy atom. The highest BCUT2D eigenvalue weighted by Crippen LogP contribution is 2.12. The van der Waals surface area contributed by atoms with Crippen molar-refractivity contribution in [1.82, 2.24) is 15.3 Å². The van der Waals surface area contributed by atoms with Gasteiger partial charge < -0.3 is 15.4 Å². The fraction of sp³-hybridized carbons (Fsp3) is 0.364. The zero-order chi connectivity index (χ0) is 11.4. The first-order valence-corrected chi connectivity index (χ1v) is 5.25. The molecule has 5 heteroatoms.